The van der Waals surface area contributed by atoms with Crippen LogP contribution in [0.4, 0.5) is 0 Å². The van der Waals surface area contributed by atoms with Crippen LogP contribution < -0.4 is 5.32 Å². The van der Waals surface area contributed by atoms with Crippen molar-refractivity contribution in [2.24, 2.45) is 7.05 Å². The van der Waals surface area contributed by atoms with Gasteiger partial charge in [0.1, 0.15) is 5.56 Å². The maximum atomic E-state index is 11.7. The summed E-state index contributed by atoms with van der Waals surface area (Å²) in [6.07, 6.45) is 3.22. The third-order valence-electron chi connectivity index (χ3n) is 2.61. The SMILES string of the molecule is CCOC(=O)c1cnn(C)c1CNCCCCO. The predicted molar refractivity (Wildman–Crippen MR) is 67.2 cm³/mol. The van der Waals surface area contributed by atoms with Gasteiger partial charge in [0.25, 0.3) is 0 Å². The van der Waals surface area contributed by atoms with Crippen LogP contribution in [0.2, 0.25) is 0 Å². The number of esters is 1. The first-order valence-electron chi connectivity index (χ1n) is 6.20. The Morgan fingerprint density at radius 2 is 2.33 bits per heavy atom. The summed E-state index contributed by atoms with van der Waals surface area (Å²) in [6, 6.07) is 0. The molecule has 0 aliphatic heterocycles. The van der Waals surface area contributed by atoms with Gasteiger partial charge in [-0.1, -0.05) is 0 Å². The second kappa shape index (κ2) is 7.84. The van der Waals surface area contributed by atoms with Crippen molar-refractivity contribution < 1.29 is 14.6 Å². The molecule has 0 aliphatic carbocycles. The number of carbonyl (C=O) groups is 1. The highest BCUT2D eigenvalue weighted by Gasteiger charge is 2.16. The van der Waals surface area contributed by atoms with Gasteiger partial charge < -0.3 is 15.2 Å². The molecule has 0 aliphatic rings. The second-order valence-electron chi connectivity index (χ2n) is 3.96. The minimum atomic E-state index is -0.335. The van der Waals surface area contributed by atoms with Crippen molar-refractivity contribution in [2.75, 3.05) is 19.8 Å². The molecule has 2 N–H and O–H groups in total. The van der Waals surface area contributed by atoms with Gasteiger partial charge in [0.05, 0.1) is 18.5 Å². The minimum Gasteiger partial charge on any atom is -0.462 e. The highest BCUT2D eigenvalue weighted by Crippen LogP contribution is 2.09. The number of aryl methyl sites for hydroxylation is 1. The lowest BCUT2D eigenvalue weighted by molar-refractivity contribution is 0.0524. The fourth-order valence-corrected chi connectivity index (χ4v) is 1.62. The van der Waals surface area contributed by atoms with Gasteiger partial charge in [-0.3, -0.25) is 4.68 Å². The molecule has 1 rings (SSSR count). The predicted octanol–water partition coefficient (Wildman–Crippen LogP) is 0.459. The molecule has 18 heavy (non-hydrogen) atoms. The molecule has 0 spiro atoms. The van der Waals surface area contributed by atoms with E-state index in [2.05, 4.69) is 10.4 Å². The normalized spacial score (nSPS) is 10.6. The lowest BCUT2D eigenvalue weighted by Gasteiger charge is -2.07. The van der Waals surface area contributed by atoms with Gasteiger partial charge in [-0.15, -0.1) is 0 Å². The number of ether oxygens (including phenoxy) is 1. The molecule has 6 heteroatoms. The smallest absolute Gasteiger partial charge is 0.341 e. The topological polar surface area (TPSA) is 76.4 Å². The number of rotatable bonds is 8. The lowest BCUT2D eigenvalue weighted by atomic mass is 10.2. The van der Waals surface area contributed by atoms with Crippen LogP contribution in [0.5, 0.6) is 0 Å². The van der Waals surface area contributed by atoms with Crippen molar-refractivity contribution in [3.63, 3.8) is 0 Å². The first-order valence-corrected chi connectivity index (χ1v) is 6.20. The van der Waals surface area contributed by atoms with E-state index in [0.717, 1.165) is 25.1 Å². The van der Waals surface area contributed by atoms with Gasteiger partial charge in [0, 0.05) is 20.2 Å². The average molecular weight is 255 g/mol. The van der Waals surface area contributed by atoms with Crippen LogP contribution in [0.3, 0.4) is 0 Å². The van der Waals surface area contributed by atoms with Gasteiger partial charge >= 0.3 is 5.97 Å². The zero-order chi connectivity index (χ0) is 13.4. The Kier molecular flexibility index (Phi) is 6.38. The highest BCUT2D eigenvalue weighted by atomic mass is 16.5. The summed E-state index contributed by atoms with van der Waals surface area (Å²) < 4.78 is 6.65. The van der Waals surface area contributed by atoms with E-state index in [9.17, 15) is 4.79 Å². The molecule has 0 saturated heterocycles. The van der Waals surface area contributed by atoms with Crippen LogP contribution >= 0.6 is 0 Å². The van der Waals surface area contributed by atoms with Crippen molar-refractivity contribution in [3.05, 3.63) is 17.5 Å². The van der Waals surface area contributed by atoms with Crippen LogP contribution in [0.15, 0.2) is 6.20 Å². The maximum Gasteiger partial charge on any atom is 0.341 e. The van der Waals surface area contributed by atoms with Gasteiger partial charge in [-0.25, -0.2) is 4.79 Å². The number of nitrogens with one attached hydrogen (secondary N) is 1. The lowest BCUT2D eigenvalue weighted by Crippen LogP contribution is -2.19. The summed E-state index contributed by atoms with van der Waals surface area (Å²) in [4.78, 5) is 11.7. The fraction of sp³-hybridized carbons (Fsp3) is 0.667. The highest BCUT2D eigenvalue weighted by molar-refractivity contribution is 5.90. The van der Waals surface area contributed by atoms with Crippen molar-refractivity contribution in [2.45, 2.75) is 26.3 Å². The third kappa shape index (κ3) is 4.12. The Bertz CT molecular complexity index is 377. The van der Waals surface area contributed by atoms with Crippen molar-refractivity contribution >= 4 is 5.97 Å². The van der Waals surface area contributed by atoms with Gasteiger partial charge in [0.2, 0.25) is 0 Å². The molecule has 0 aromatic carbocycles. The number of hydrogen-bond acceptors (Lipinski definition) is 5. The number of aliphatic hydroxyl groups is 1. The average Bonchev–Trinajstić information content (AvgIpc) is 2.71. The summed E-state index contributed by atoms with van der Waals surface area (Å²) in [5.74, 6) is -0.335. The van der Waals surface area contributed by atoms with E-state index in [-0.39, 0.29) is 12.6 Å². The molecule has 1 heterocycles. The molecule has 6 nitrogen and oxygen atoms in total. The monoisotopic (exact) mass is 255 g/mol. The molecule has 1 aromatic rings. The summed E-state index contributed by atoms with van der Waals surface area (Å²) in [7, 11) is 1.80. The zero-order valence-corrected chi connectivity index (χ0v) is 11.0. The van der Waals surface area contributed by atoms with E-state index in [0.29, 0.717) is 18.7 Å². The van der Waals surface area contributed by atoms with Crippen molar-refractivity contribution in [1.29, 1.82) is 0 Å². The van der Waals surface area contributed by atoms with Crippen LogP contribution in [-0.4, -0.2) is 40.6 Å². The van der Waals surface area contributed by atoms with Crippen LogP contribution in [0.1, 0.15) is 35.8 Å². The molecule has 102 valence electrons. The van der Waals surface area contributed by atoms with E-state index in [1.54, 1.807) is 18.7 Å². The number of aliphatic hydroxyl groups excluding tert-OH is 1. The van der Waals surface area contributed by atoms with E-state index >= 15 is 0 Å². The third-order valence-corrected chi connectivity index (χ3v) is 2.61. The Hall–Kier alpha value is -1.40. The van der Waals surface area contributed by atoms with Crippen LogP contribution in [0.25, 0.3) is 0 Å². The first-order chi connectivity index (χ1) is 8.70. The molecular formula is C12H21N3O3. The Labute approximate surface area is 107 Å². The van der Waals surface area contributed by atoms with Gasteiger partial charge in [0.15, 0.2) is 0 Å². The largest absolute Gasteiger partial charge is 0.462 e. The molecule has 0 fully saturated rings. The summed E-state index contributed by atoms with van der Waals surface area (Å²) in [5, 5.41) is 16.0. The molecule has 0 bridgehead atoms. The molecule has 0 radical (unpaired) electrons. The van der Waals surface area contributed by atoms with Gasteiger partial charge in [-0.2, -0.15) is 5.10 Å². The molecular weight excluding hydrogens is 234 g/mol. The van der Waals surface area contributed by atoms with E-state index in [1.807, 2.05) is 0 Å². The molecule has 0 unspecified atom stereocenters. The minimum absolute atomic E-state index is 0.210. The first kappa shape index (κ1) is 14.7. The number of nitrogens with zero attached hydrogens (tertiary/aromatic N) is 2. The Morgan fingerprint density at radius 1 is 1.56 bits per heavy atom. The summed E-state index contributed by atoms with van der Waals surface area (Å²) in [6.45, 7) is 3.71. The van der Waals surface area contributed by atoms with Crippen LogP contribution in [-0.2, 0) is 18.3 Å². The van der Waals surface area contributed by atoms with Crippen molar-refractivity contribution in [1.82, 2.24) is 15.1 Å². The van der Waals surface area contributed by atoms with E-state index < -0.39 is 0 Å². The zero-order valence-electron chi connectivity index (χ0n) is 11.0. The summed E-state index contributed by atoms with van der Waals surface area (Å²) >= 11 is 0. The quantitative estimate of drug-likeness (QED) is 0.521. The molecule has 0 atom stereocenters. The van der Waals surface area contributed by atoms with Gasteiger partial charge in [-0.05, 0) is 26.3 Å². The fourth-order valence-electron chi connectivity index (χ4n) is 1.62. The molecule has 0 amide bonds. The summed E-state index contributed by atoms with van der Waals surface area (Å²) in [5.41, 5.74) is 1.33. The van der Waals surface area contributed by atoms with Crippen molar-refractivity contribution in [3.8, 4) is 0 Å². The number of aromatic nitrogens is 2. The standard InChI is InChI=1S/C12H21N3O3/c1-3-18-12(17)10-8-14-15(2)11(10)9-13-6-4-5-7-16/h8,13,16H,3-7,9H2,1-2H3. The Morgan fingerprint density at radius 3 is 3.00 bits per heavy atom. The Balaban J connectivity index is 2.53. The molecule has 0 saturated carbocycles. The number of carbonyl (C=O) groups excluding carboxylic acids is 1. The van der Waals surface area contributed by atoms with E-state index in [4.69, 9.17) is 9.84 Å². The molecule has 1 aromatic heterocycles. The second-order valence-corrected chi connectivity index (χ2v) is 3.96. The number of hydrogen-bond donors (Lipinski definition) is 2. The van der Waals surface area contributed by atoms with E-state index in [1.165, 1.54) is 6.20 Å². The number of unbranched alkanes of at least 4 members (excludes halogenated alkanes) is 1. The maximum absolute atomic E-state index is 11.7. The van der Waals surface area contributed by atoms with Crippen LogP contribution in [0, 0.1) is 0 Å².